The monoisotopic (exact) mass is 409 g/mol. The quantitative estimate of drug-likeness (QED) is 0.756. The van der Waals surface area contributed by atoms with Crippen LogP contribution in [-0.4, -0.2) is 87.0 Å². The molecule has 3 saturated heterocycles. The van der Waals surface area contributed by atoms with Crippen LogP contribution in [0, 0.1) is 0 Å². The summed E-state index contributed by atoms with van der Waals surface area (Å²) in [5, 5.41) is 9.38. The molecule has 0 saturated carbocycles. The Labute approximate surface area is 170 Å². The summed E-state index contributed by atoms with van der Waals surface area (Å²) in [6.07, 6.45) is 3.03. The summed E-state index contributed by atoms with van der Waals surface area (Å²) in [6, 6.07) is -2.10. The molecule has 0 bridgehead atoms. The number of carbonyl (C=O) groups excluding carboxylic acids is 3. The van der Waals surface area contributed by atoms with Crippen LogP contribution in [0.1, 0.15) is 59.3 Å². The number of carboxylic acids is 1. The van der Waals surface area contributed by atoms with Gasteiger partial charge in [0.2, 0.25) is 11.8 Å². The molecule has 0 radical (unpaired) electrons. The van der Waals surface area contributed by atoms with Crippen LogP contribution in [0.4, 0.5) is 4.79 Å². The molecule has 0 aromatic heterocycles. The highest BCUT2D eigenvalue weighted by Crippen LogP contribution is 2.29. The number of rotatable bonds is 3. The number of aliphatic carboxylic acids is 1. The summed E-state index contributed by atoms with van der Waals surface area (Å²) in [6.45, 7) is 6.64. The maximum absolute atomic E-state index is 13.3. The Balaban J connectivity index is 1.71. The smallest absolute Gasteiger partial charge is 0.410 e. The Morgan fingerprint density at radius 2 is 1.17 bits per heavy atom. The van der Waals surface area contributed by atoms with E-state index in [1.165, 1.54) is 9.80 Å². The van der Waals surface area contributed by atoms with Gasteiger partial charge in [0.1, 0.15) is 23.7 Å². The second kappa shape index (κ2) is 8.20. The van der Waals surface area contributed by atoms with Crippen molar-refractivity contribution in [1.29, 1.82) is 0 Å². The van der Waals surface area contributed by atoms with Crippen LogP contribution in [-0.2, 0) is 19.1 Å². The lowest BCUT2D eigenvalue weighted by Crippen LogP contribution is -2.55. The molecule has 3 rings (SSSR count). The van der Waals surface area contributed by atoms with E-state index in [0.29, 0.717) is 58.2 Å². The molecule has 1 N–H and O–H groups in total. The summed E-state index contributed by atoms with van der Waals surface area (Å²) < 4.78 is 5.44. The van der Waals surface area contributed by atoms with E-state index in [1.807, 2.05) is 0 Å². The molecule has 3 amide bonds. The van der Waals surface area contributed by atoms with E-state index < -0.39 is 35.8 Å². The lowest BCUT2D eigenvalue weighted by Gasteiger charge is -2.34. The van der Waals surface area contributed by atoms with Crippen LogP contribution in [0.25, 0.3) is 0 Å². The van der Waals surface area contributed by atoms with E-state index in [4.69, 9.17) is 4.74 Å². The van der Waals surface area contributed by atoms with Crippen molar-refractivity contribution < 1.29 is 29.0 Å². The van der Waals surface area contributed by atoms with E-state index in [1.54, 1.807) is 25.7 Å². The summed E-state index contributed by atoms with van der Waals surface area (Å²) in [7, 11) is 0. The van der Waals surface area contributed by atoms with Crippen molar-refractivity contribution in [3.8, 4) is 0 Å². The molecule has 9 heteroatoms. The molecule has 162 valence electrons. The van der Waals surface area contributed by atoms with Crippen molar-refractivity contribution in [1.82, 2.24) is 14.7 Å². The first-order valence-electron chi connectivity index (χ1n) is 10.4. The highest BCUT2D eigenvalue weighted by Gasteiger charge is 2.46. The minimum absolute atomic E-state index is 0.240. The van der Waals surface area contributed by atoms with E-state index >= 15 is 0 Å². The first-order valence-corrected chi connectivity index (χ1v) is 10.4. The largest absolute Gasteiger partial charge is 0.480 e. The Kier molecular flexibility index (Phi) is 6.05. The van der Waals surface area contributed by atoms with Crippen LogP contribution in [0.2, 0.25) is 0 Å². The maximum Gasteiger partial charge on any atom is 0.410 e. The fourth-order valence-corrected chi connectivity index (χ4v) is 4.52. The second-order valence-corrected chi connectivity index (χ2v) is 9.05. The van der Waals surface area contributed by atoms with Crippen LogP contribution < -0.4 is 0 Å². The van der Waals surface area contributed by atoms with Gasteiger partial charge in [-0.25, -0.2) is 9.59 Å². The fourth-order valence-electron chi connectivity index (χ4n) is 4.52. The maximum atomic E-state index is 13.3. The molecular formula is C20H31N3O6. The third-order valence-electron chi connectivity index (χ3n) is 5.81. The van der Waals surface area contributed by atoms with E-state index in [2.05, 4.69) is 0 Å². The van der Waals surface area contributed by atoms with Crippen LogP contribution in [0.5, 0.6) is 0 Å². The molecule has 3 aliphatic heterocycles. The van der Waals surface area contributed by atoms with Gasteiger partial charge in [0.25, 0.3) is 0 Å². The first kappa shape index (κ1) is 21.4. The number of likely N-dealkylation sites (tertiary alicyclic amines) is 3. The number of carbonyl (C=O) groups is 4. The summed E-state index contributed by atoms with van der Waals surface area (Å²) >= 11 is 0. The zero-order chi connectivity index (χ0) is 21.3. The number of hydrogen-bond donors (Lipinski definition) is 1. The van der Waals surface area contributed by atoms with Crippen LogP contribution in [0.3, 0.4) is 0 Å². The van der Waals surface area contributed by atoms with Crippen LogP contribution >= 0.6 is 0 Å². The molecule has 3 atom stereocenters. The molecule has 0 aromatic carbocycles. The van der Waals surface area contributed by atoms with Gasteiger partial charge in [-0.2, -0.15) is 0 Å². The van der Waals surface area contributed by atoms with Gasteiger partial charge < -0.3 is 19.6 Å². The minimum atomic E-state index is -1.00. The Morgan fingerprint density at radius 3 is 1.66 bits per heavy atom. The predicted octanol–water partition coefficient (Wildman–Crippen LogP) is 1.45. The first-order chi connectivity index (χ1) is 13.6. The molecule has 3 fully saturated rings. The summed E-state index contributed by atoms with van der Waals surface area (Å²) in [4.78, 5) is 54.7. The van der Waals surface area contributed by atoms with Crippen molar-refractivity contribution in [2.24, 2.45) is 0 Å². The van der Waals surface area contributed by atoms with Crippen molar-refractivity contribution in [2.45, 2.75) is 83.0 Å². The molecule has 0 unspecified atom stereocenters. The standard InChI is InChI=1S/C20H31N3O6/c1-20(2,3)29-19(28)23-12-5-8-14(23)17(25)21-10-4-7-13(21)16(24)22-11-6-9-15(22)18(26)27/h13-15H,4-12H2,1-3H3,(H,26,27)/t13-,14-,15-/m0/s1. The van der Waals surface area contributed by atoms with Crippen molar-refractivity contribution in [2.75, 3.05) is 19.6 Å². The molecule has 0 aromatic rings. The van der Waals surface area contributed by atoms with Crippen molar-refractivity contribution in [3.63, 3.8) is 0 Å². The molecule has 0 aliphatic carbocycles. The van der Waals surface area contributed by atoms with Gasteiger partial charge in [0.15, 0.2) is 0 Å². The average Bonchev–Trinajstić information content (AvgIpc) is 3.38. The topological polar surface area (TPSA) is 107 Å². The van der Waals surface area contributed by atoms with Gasteiger partial charge in [0.05, 0.1) is 0 Å². The Morgan fingerprint density at radius 1 is 0.759 bits per heavy atom. The number of hydrogen-bond acceptors (Lipinski definition) is 5. The number of amides is 3. The van der Waals surface area contributed by atoms with Crippen LogP contribution in [0.15, 0.2) is 0 Å². The molecule has 9 nitrogen and oxygen atoms in total. The van der Waals surface area contributed by atoms with Gasteiger partial charge >= 0.3 is 12.1 Å². The normalized spacial score (nSPS) is 27.4. The summed E-state index contributed by atoms with van der Waals surface area (Å²) in [5.41, 5.74) is -0.652. The number of carboxylic acid groups (broad SMARTS) is 1. The number of nitrogens with zero attached hydrogens (tertiary/aromatic N) is 3. The van der Waals surface area contributed by atoms with Gasteiger partial charge in [0, 0.05) is 19.6 Å². The molecule has 0 spiro atoms. The highest BCUT2D eigenvalue weighted by atomic mass is 16.6. The van der Waals surface area contributed by atoms with E-state index in [9.17, 15) is 24.3 Å². The Bertz CT molecular complexity index is 688. The van der Waals surface area contributed by atoms with Crippen molar-refractivity contribution in [3.05, 3.63) is 0 Å². The SMILES string of the molecule is CC(C)(C)OC(=O)N1CCC[C@H]1C(=O)N1CCC[C@H]1C(=O)N1CCC[C@H]1C(=O)O. The summed E-state index contributed by atoms with van der Waals surface area (Å²) in [5.74, 6) is -1.53. The minimum Gasteiger partial charge on any atom is -0.480 e. The second-order valence-electron chi connectivity index (χ2n) is 9.05. The molecule has 3 heterocycles. The number of ether oxygens (including phenoxy) is 1. The predicted molar refractivity (Wildman–Crippen MR) is 103 cm³/mol. The molecule has 29 heavy (non-hydrogen) atoms. The third-order valence-corrected chi connectivity index (χ3v) is 5.81. The van der Waals surface area contributed by atoms with E-state index in [-0.39, 0.29) is 11.8 Å². The third kappa shape index (κ3) is 4.48. The van der Waals surface area contributed by atoms with Gasteiger partial charge in [-0.1, -0.05) is 0 Å². The van der Waals surface area contributed by atoms with Crippen molar-refractivity contribution >= 4 is 23.9 Å². The van der Waals surface area contributed by atoms with Gasteiger partial charge in [-0.15, -0.1) is 0 Å². The lowest BCUT2D eigenvalue weighted by molar-refractivity contribution is -0.152. The zero-order valence-electron chi connectivity index (χ0n) is 17.4. The van der Waals surface area contributed by atoms with E-state index in [0.717, 1.165) is 0 Å². The zero-order valence-corrected chi connectivity index (χ0v) is 17.4. The molecular weight excluding hydrogens is 378 g/mol. The Hall–Kier alpha value is -2.32. The molecule has 3 aliphatic rings. The average molecular weight is 409 g/mol. The lowest BCUT2D eigenvalue weighted by atomic mass is 10.1. The van der Waals surface area contributed by atoms with Gasteiger partial charge in [-0.3, -0.25) is 14.5 Å². The van der Waals surface area contributed by atoms with Gasteiger partial charge in [-0.05, 0) is 59.3 Å². The fraction of sp³-hybridized carbons (Fsp3) is 0.800. The highest BCUT2D eigenvalue weighted by molar-refractivity contribution is 5.93.